The van der Waals surface area contributed by atoms with Crippen LogP contribution in [0.2, 0.25) is 0 Å². The molecule has 4 rings (SSSR count). The van der Waals surface area contributed by atoms with E-state index in [9.17, 15) is 5.11 Å². The average molecular weight is 428 g/mol. The molecule has 2 aromatic rings. The maximum absolute atomic E-state index is 11.6. The molecular formula is C19H26BrNOS2. The molecule has 2 fully saturated rings. The Morgan fingerprint density at radius 2 is 1.54 bits per heavy atom. The fourth-order valence-corrected chi connectivity index (χ4v) is 6.69. The Morgan fingerprint density at radius 3 is 1.96 bits per heavy atom. The lowest BCUT2D eigenvalue weighted by Crippen LogP contribution is -3.00. The topological polar surface area (TPSA) is 20.2 Å². The number of fused-ring (bicyclic) bond motifs is 2. The molecule has 1 N–H and O–H groups in total. The van der Waals surface area contributed by atoms with Gasteiger partial charge in [0.2, 0.25) is 0 Å². The zero-order valence-corrected chi connectivity index (χ0v) is 17.5. The van der Waals surface area contributed by atoms with E-state index in [2.05, 4.69) is 49.1 Å². The first-order chi connectivity index (χ1) is 11.0. The van der Waals surface area contributed by atoms with Crippen molar-refractivity contribution in [1.82, 2.24) is 0 Å². The van der Waals surface area contributed by atoms with E-state index in [1.165, 1.54) is 30.2 Å². The van der Waals surface area contributed by atoms with Crippen LogP contribution >= 0.6 is 22.7 Å². The largest absolute Gasteiger partial charge is 1.00 e. The van der Waals surface area contributed by atoms with Gasteiger partial charge in [0.15, 0.2) is 0 Å². The van der Waals surface area contributed by atoms with Crippen molar-refractivity contribution >= 4 is 22.7 Å². The minimum absolute atomic E-state index is 0. The van der Waals surface area contributed by atoms with E-state index in [0.29, 0.717) is 5.92 Å². The van der Waals surface area contributed by atoms with Gasteiger partial charge in [0.1, 0.15) is 5.60 Å². The van der Waals surface area contributed by atoms with Gasteiger partial charge in [-0.2, -0.15) is 0 Å². The average Bonchev–Trinajstić information content (AvgIpc) is 3.22. The number of nitrogens with zero attached hydrogens (tertiary/aromatic N) is 1. The Kier molecular flexibility index (Phi) is 5.30. The maximum Gasteiger partial charge on any atom is 0.133 e. The van der Waals surface area contributed by atoms with Crippen molar-refractivity contribution in [3.63, 3.8) is 0 Å². The first kappa shape index (κ1) is 18.6. The van der Waals surface area contributed by atoms with Crippen LogP contribution in [0.3, 0.4) is 0 Å². The quantitative estimate of drug-likeness (QED) is 0.732. The lowest BCUT2D eigenvalue weighted by Gasteiger charge is -2.45. The molecule has 24 heavy (non-hydrogen) atoms. The fourth-order valence-electron chi connectivity index (χ4n) is 4.93. The van der Waals surface area contributed by atoms with Crippen LogP contribution in [0.5, 0.6) is 0 Å². The molecule has 5 heteroatoms. The summed E-state index contributed by atoms with van der Waals surface area (Å²) >= 11 is 3.37. The molecule has 0 radical (unpaired) electrons. The molecule has 0 aliphatic carbocycles. The van der Waals surface area contributed by atoms with E-state index in [1.54, 1.807) is 22.7 Å². The summed E-state index contributed by atoms with van der Waals surface area (Å²) in [5.74, 6) is 0.632. The van der Waals surface area contributed by atoms with Gasteiger partial charge in [-0.25, -0.2) is 0 Å². The van der Waals surface area contributed by atoms with Crippen LogP contribution in [-0.4, -0.2) is 35.8 Å². The molecule has 4 heterocycles. The SMILES string of the molecule is C[N+]1(C)C2CCC1CC(CC(O)(c1cccs1)c1cccs1)C2.[Br-]. The minimum Gasteiger partial charge on any atom is -1.00 e. The van der Waals surface area contributed by atoms with E-state index in [4.69, 9.17) is 0 Å². The summed E-state index contributed by atoms with van der Waals surface area (Å²) in [6.07, 6.45) is 6.14. The second-order valence-electron chi connectivity index (χ2n) is 7.87. The number of thiophene rings is 2. The van der Waals surface area contributed by atoms with Gasteiger partial charge in [-0.1, -0.05) is 12.1 Å². The number of piperidine rings is 1. The van der Waals surface area contributed by atoms with Gasteiger partial charge >= 0.3 is 0 Å². The second-order valence-corrected chi connectivity index (χ2v) is 9.77. The van der Waals surface area contributed by atoms with E-state index in [0.717, 1.165) is 28.3 Å². The van der Waals surface area contributed by atoms with Crippen molar-refractivity contribution in [2.75, 3.05) is 14.1 Å². The van der Waals surface area contributed by atoms with Crippen molar-refractivity contribution in [2.45, 2.75) is 49.8 Å². The van der Waals surface area contributed by atoms with Crippen molar-refractivity contribution in [3.05, 3.63) is 44.8 Å². The highest BCUT2D eigenvalue weighted by Gasteiger charge is 2.50. The Labute approximate surface area is 163 Å². The molecule has 2 nitrogen and oxygen atoms in total. The predicted molar refractivity (Wildman–Crippen MR) is 97.9 cm³/mol. The molecule has 132 valence electrons. The van der Waals surface area contributed by atoms with Crippen molar-refractivity contribution in [2.24, 2.45) is 5.92 Å². The summed E-state index contributed by atoms with van der Waals surface area (Å²) in [4.78, 5) is 2.21. The first-order valence-corrected chi connectivity index (χ1v) is 10.4. The smallest absolute Gasteiger partial charge is 0.133 e. The van der Waals surface area contributed by atoms with Gasteiger partial charge < -0.3 is 26.6 Å². The third-order valence-corrected chi connectivity index (χ3v) is 8.41. The van der Waals surface area contributed by atoms with Crippen LogP contribution in [-0.2, 0) is 5.60 Å². The van der Waals surface area contributed by atoms with Gasteiger partial charge in [0.25, 0.3) is 0 Å². The number of hydrogen-bond acceptors (Lipinski definition) is 3. The van der Waals surface area contributed by atoms with Gasteiger partial charge in [0.05, 0.1) is 26.2 Å². The predicted octanol–water partition coefficient (Wildman–Crippen LogP) is 1.46. The Hall–Kier alpha value is -0.200. The standard InChI is InChI=1S/C19H26NOS2.BrH/c1-20(2)15-7-8-16(20)12-14(11-15)13-19(21,17-5-3-9-22-17)18-6-4-10-23-18;/h3-6,9-10,14-16,21H,7-8,11-13H2,1-2H3;1H/q+1;/p-1. The molecule has 2 atom stereocenters. The molecule has 2 bridgehead atoms. The van der Waals surface area contributed by atoms with Gasteiger partial charge in [-0.3, -0.25) is 0 Å². The summed E-state index contributed by atoms with van der Waals surface area (Å²) in [7, 11) is 4.81. The fraction of sp³-hybridized carbons (Fsp3) is 0.579. The number of hydrogen-bond donors (Lipinski definition) is 1. The van der Waals surface area contributed by atoms with E-state index >= 15 is 0 Å². The van der Waals surface area contributed by atoms with E-state index < -0.39 is 5.60 Å². The van der Waals surface area contributed by atoms with Crippen LogP contribution < -0.4 is 17.0 Å². The number of halogens is 1. The summed E-state index contributed by atoms with van der Waals surface area (Å²) in [5.41, 5.74) is -0.791. The molecule has 2 unspecified atom stereocenters. The maximum atomic E-state index is 11.6. The normalized spacial score (nSPS) is 28.5. The highest BCUT2D eigenvalue weighted by molar-refractivity contribution is 7.11. The highest BCUT2D eigenvalue weighted by Crippen LogP contribution is 2.48. The van der Waals surface area contributed by atoms with Gasteiger partial charge in [0, 0.05) is 35.4 Å². The molecule has 2 aliphatic heterocycles. The third kappa shape index (κ3) is 3.03. The van der Waals surface area contributed by atoms with Crippen molar-refractivity contribution < 1.29 is 26.6 Å². The zero-order valence-electron chi connectivity index (χ0n) is 14.3. The number of rotatable bonds is 4. The van der Waals surface area contributed by atoms with E-state index in [-0.39, 0.29) is 17.0 Å². The molecule has 0 amide bonds. The van der Waals surface area contributed by atoms with Crippen molar-refractivity contribution in [3.8, 4) is 0 Å². The molecule has 0 spiro atoms. The third-order valence-electron chi connectivity index (χ3n) is 6.37. The number of aliphatic hydroxyl groups is 1. The van der Waals surface area contributed by atoms with Crippen LogP contribution in [0.25, 0.3) is 0 Å². The van der Waals surface area contributed by atoms with Crippen LogP contribution in [0.4, 0.5) is 0 Å². The lowest BCUT2D eigenvalue weighted by molar-refractivity contribution is -0.931. The monoisotopic (exact) mass is 427 g/mol. The molecular weight excluding hydrogens is 402 g/mol. The van der Waals surface area contributed by atoms with Crippen LogP contribution in [0.15, 0.2) is 35.0 Å². The van der Waals surface area contributed by atoms with Gasteiger partial charge in [-0.15, -0.1) is 22.7 Å². The van der Waals surface area contributed by atoms with Gasteiger partial charge in [-0.05, 0) is 35.2 Å². The summed E-state index contributed by atoms with van der Waals surface area (Å²) in [6.45, 7) is 0. The summed E-state index contributed by atoms with van der Waals surface area (Å²) in [6, 6.07) is 9.89. The first-order valence-electron chi connectivity index (χ1n) is 8.64. The Morgan fingerprint density at radius 1 is 1.04 bits per heavy atom. The summed E-state index contributed by atoms with van der Waals surface area (Å²) in [5, 5.41) is 15.8. The van der Waals surface area contributed by atoms with Crippen LogP contribution in [0, 0.1) is 5.92 Å². The molecule has 2 aromatic heterocycles. The highest BCUT2D eigenvalue weighted by atomic mass is 79.9. The lowest BCUT2D eigenvalue weighted by atomic mass is 9.79. The van der Waals surface area contributed by atoms with Crippen LogP contribution in [0.1, 0.15) is 41.9 Å². The minimum atomic E-state index is -0.791. The van der Waals surface area contributed by atoms with Crippen molar-refractivity contribution in [1.29, 1.82) is 0 Å². The zero-order chi connectivity index (χ0) is 16.1. The molecule has 0 saturated carbocycles. The Balaban J connectivity index is 0.00000169. The Bertz CT molecular complexity index is 603. The molecule has 2 aliphatic rings. The number of quaternary nitrogens is 1. The second kappa shape index (κ2) is 6.84. The van der Waals surface area contributed by atoms with E-state index in [1.807, 2.05) is 0 Å². The summed E-state index contributed by atoms with van der Waals surface area (Å²) < 4.78 is 1.20. The molecule has 2 saturated heterocycles. The molecule has 0 aromatic carbocycles.